The number of imide groups is 1. The molecule has 2 fully saturated rings. The Kier molecular flexibility index (Phi) is 4.42. The molecule has 6 heteroatoms. The van der Waals surface area contributed by atoms with Crippen LogP contribution in [0, 0.1) is 23.7 Å². The second-order valence-corrected chi connectivity index (χ2v) is 7.92. The predicted octanol–water partition coefficient (Wildman–Crippen LogP) is 3.27. The number of fused-ring (bicyclic) bond motifs is 5. The normalized spacial score (nSPS) is 26.2. The molecule has 2 aromatic carbocycles. The van der Waals surface area contributed by atoms with Gasteiger partial charge in [0, 0.05) is 5.56 Å². The van der Waals surface area contributed by atoms with Crippen LogP contribution in [0.25, 0.3) is 0 Å². The molecule has 1 heterocycles. The maximum atomic E-state index is 13.1. The van der Waals surface area contributed by atoms with E-state index < -0.39 is 0 Å². The van der Waals surface area contributed by atoms with Crippen molar-refractivity contribution in [3.8, 4) is 11.5 Å². The fourth-order valence-electron chi connectivity index (χ4n) is 4.93. The molecule has 1 saturated carbocycles. The average molecular weight is 403 g/mol. The highest BCUT2D eigenvalue weighted by Crippen LogP contribution is 2.53. The average Bonchev–Trinajstić information content (AvgIpc) is 3.46. The van der Waals surface area contributed by atoms with E-state index in [1.165, 1.54) is 12.0 Å². The van der Waals surface area contributed by atoms with Gasteiger partial charge in [0.15, 0.2) is 12.4 Å². The Morgan fingerprint density at radius 3 is 2.40 bits per heavy atom. The zero-order chi connectivity index (χ0) is 20.8. The summed E-state index contributed by atoms with van der Waals surface area (Å²) in [5, 5.41) is 0. The molecule has 2 aromatic rings. The van der Waals surface area contributed by atoms with E-state index in [4.69, 9.17) is 9.47 Å². The van der Waals surface area contributed by atoms with Crippen LogP contribution in [0.1, 0.15) is 16.8 Å². The highest BCUT2D eigenvalue weighted by Gasteiger charge is 2.59. The lowest BCUT2D eigenvalue weighted by Gasteiger charge is -2.20. The third-order valence-corrected chi connectivity index (χ3v) is 6.33. The van der Waals surface area contributed by atoms with Gasteiger partial charge in [0.1, 0.15) is 11.5 Å². The van der Waals surface area contributed by atoms with Crippen molar-refractivity contribution < 1.29 is 23.9 Å². The van der Waals surface area contributed by atoms with Gasteiger partial charge in [-0.25, -0.2) is 4.90 Å². The Balaban J connectivity index is 1.37. The number of rotatable bonds is 6. The topological polar surface area (TPSA) is 72.9 Å². The van der Waals surface area contributed by atoms with E-state index in [2.05, 4.69) is 12.2 Å². The van der Waals surface area contributed by atoms with E-state index in [0.29, 0.717) is 22.7 Å². The Morgan fingerprint density at radius 2 is 1.70 bits per heavy atom. The second-order valence-electron chi connectivity index (χ2n) is 7.92. The van der Waals surface area contributed by atoms with Gasteiger partial charge in [0.2, 0.25) is 11.8 Å². The van der Waals surface area contributed by atoms with Crippen LogP contribution in [0.5, 0.6) is 11.5 Å². The van der Waals surface area contributed by atoms with Gasteiger partial charge in [-0.3, -0.25) is 14.4 Å². The number of carbonyl (C=O) groups excluding carboxylic acids is 3. The van der Waals surface area contributed by atoms with Gasteiger partial charge in [0.25, 0.3) is 0 Å². The fraction of sp³-hybridized carbons (Fsp3) is 0.292. The first-order valence-electron chi connectivity index (χ1n) is 10.0. The summed E-state index contributed by atoms with van der Waals surface area (Å²) in [5.74, 6) is 0.0993. The van der Waals surface area contributed by atoms with E-state index in [1.807, 2.05) is 0 Å². The summed E-state index contributed by atoms with van der Waals surface area (Å²) in [7, 11) is 1.54. The third-order valence-electron chi connectivity index (χ3n) is 6.33. The molecule has 2 amide bonds. The number of nitrogens with zero attached hydrogens (tertiary/aromatic N) is 1. The fourth-order valence-corrected chi connectivity index (χ4v) is 4.93. The van der Waals surface area contributed by atoms with Gasteiger partial charge in [0.05, 0.1) is 24.6 Å². The molecule has 1 saturated heterocycles. The number of benzene rings is 2. The van der Waals surface area contributed by atoms with Crippen molar-refractivity contribution in [3.63, 3.8) is 0 Å². The predicted molar refractivity (Wildman–Crippen MR) is 109 cm³/mol. The summed E-state index contributed by atoms with van der Waals surface area (Å²) in [4.78, 5) is 40.0. The van der Waals surface area contributed by atoms with E-state index in [1.54, 1.807) is 48.5 Å². The lowest BCUT2D eigenvalue weighted by molar-refractivity contribution is -0.123. The number of carbonyl (C=O) groups is 3. The van der Waals surface area contributed by atoms with Crippen molar-refractivity contribution in [3.05, 3.63) is 66.2 Å². The molecular weight excluding hydrogens is 382 g/mol. The number of ether oxygens (including phenoxy) is 2. The summed E-state index contributed by atoms with van der Waals surface area (Å²) in [5.41, 5.74) is 0.872. The largest absolute Gasteiger partial charge is 0.497 e. The molecule has 4 atom stereocenters. The lowest BCUT2D eigenvalue weighted by atomic mass is 9.85. The standard InChI is InChI=1S/C24H21NO5/c1-29-17-6-4-5-14(12-17)19(26)13-30-20-8-3-2-7-18(20)25-23(27)21-15-9-10-16(11-15)22(21)24(25)28/h2-10,12,15-16,21-22H,11,13H2,1H3/t15-,16-,21-,22-/m0/s1. The molecule has 0 N–H and O–H groups in total. The maximum absolute atomic E-state index is 13.1. The van der Waals surface area contributed by atoms with Crippen molar-refractivity contribution in [1.82, 2.24) is 0 Å². The number of anilines is 1. The van der Waals surface area contributed by atoms with Crippen LogP contribution in [-0.2, 0) is 9.59 Å². The molecule has 3 aliphatic rings. The molecule has 5 rings (SSSR count). The molecular formula is C24H21NO5. The number of hydrogen-bond donors (Lipinski definition) is 0. The minimum atomic E-state index is -0.279. The highest BCUT2D eigenvalue weighted by atomic mass is 16.5. The molecule has 30 heavy (non-hydrogen) atoms. The van der Waals surface area contributed by atoms with Gasteiger partial charge < -0.3 is 9.47 Å². The zero-order valence-corrected chi connectivity index (χ0v) is 16.5. The number of ketones is 1. The van der Waals surface area contributed by atoms with Gasteiger partial charge in [-0.2, -0.15) is 0 Å². The van der Waals surface area contributed by atoms with E-state index in [-0.39, 0.29) is 47.9 Å². The van der Waals surface area contributed by atoms with Gasteiger partial charge in [-0.05, 0) is 42.5 Å². The van der Waals surface area contributed by atoms with E-state index >= 15 is 0 Å². The summed E-state index contributed by atoms with van der Waals surface area (Å²) in [6, 6.07) is 13.7. The first kappa shape index (κ1) is 18.6. The number of hydrogen-bond acceptors (Lipinski definition) is 5. The number of para-hydroxylation sites is 2. The van der Waals surface area contributed by atoms with Crippen molar-refractivity contribution in [2.75, 3.05) is 18.6 Å². The smallest absolute Gasteiger partial charge is 0.238 e. The van der Waals surface area contributed by atoms with Crippen molar-refractivity contribution in [2.45, 2.75) is 6.42 Å². The Hall–Kier alpha value is -3.41. The van der Waals surface area contributed by atoms with Gasteiger partial charge >= 0.3 is 0 Å². The molecule has 0 radical (unpaired) electrons. The summed E-state index contributed by atoms with van der Waals surface area (Å²) < 4.78 is 10.9. The van der Waals surface area contributed by atoms with Crippen LogP contribution < -0.4 is 14.4 Å². The molecule has 0 unspecified atom stereocenters. The minimum Gasteiger partial charge on any atom is -0.497 e. The first-order valence-corrected chi connectivity index (χ1v) is 10.0. The van der Waals surface area contributed by atoms with Crippen LogP contribution in [0.4, 0.5) is 5.69 Å². The number of allylic oxidation sites excluding steroid dienone is 2. The zero-order valence-electron chi connectivity index (χ0n) is 16.5. The van der Waals surface area contributed by atoms with E-state index in [0.717, 1.165) is 6.42 Å². The van der Waals surface area contributed by atoms with Crippen molar-refractivity contribution in [2.24, 2.45) is 23.7 Å². The molecule has 2 aliphatic carbocycles. The van der Waals surface area contributed by atoms with Crippen molar-refractivity contribution in [1.29, 1.82) is 0 Å². The molecule has 2 bridgehead atoms. The minimum absolute atomic E-state index is 0.143. The molecule has 0 spiro atoms. The van der Waals surface area contributed by atoms with Crippen LogP contribution in [0.15, 0.2) is 60.7 Å². The van der Waals surface area contributed by atoms with Gasteiger partial charge in [-0.1, -0.05) is 36.4 Å². The van der Waals surface area contributed by atoms with E-state index in [9.17, 15) is 14.4 Å². The monoisotopic (exact) mass is 403 g/mol. The first-order chi connectivity index (χ1) is 14.6. The summed E-state index contributed by atoms with van der Waals surface area (Å²) >= 11 is 0. The lowest BCUT2D eigenvalue weighted by Crippen LogP contribution is -2.33. The second kappa shape index (κ2) is 7.13. The van der Waals surface area contributed by atoms with Crippen LogP contribution >= 0.6 is 0 Å². The highest BCUT2D eigenvalue weighted by molar-refractivity contribution is 6.23. The number of amides is 2. The molecule has 0 aromatic heterocycles. The number of methoxy groups -OCH3 is 1. The van der Waals surface area contributed by atoms with Crippen LogP contribution in [0.3, 0.4) is 0 Å². The summed E-state index contributed by atoms with van der Waals surface area (Å²) in [6.45, 7) is -0.208. The van der Waals surface area contributed by atoms with Gasteiger partial charge in [-0.15, -0.1) is 0 Å². The van der Waals surface area contributed by atoms with Crippen LogP contribution in [-0.4, -0.2) is 31.3 Å². The molecule has 152 valence electrons. The molecule has 1 aliphatic heterocycles. The van der Waals surface area contributed by atoms with Crippen LogP contribution in [0.2, 0.25) is 0 Å². The Bertz CT molecular complexity index is 1040. The maximum Gasteiger partial charge on any atom is 0.238 e. The third kappa shape index (κ3) is 2.83. The SMILES string of the molecule is COc1cccc(C(=O)COc2ccccc2N2C(=O)[C@@H]3[C@@H](C2=O)[C@H]2C=C[C@H]3C2)c1. The Labute approximate surface area is 174 Å². The summed E-state index contributed by atoms with van der Waals surface area (Å²) in [6.07, 6.45) is 5.01. The molecule has 6 nitrogen and oxygen atoms in total. The Morgan fingerprint density at radius 1 is 1.00 bits per heavy atom. The number of Topliss-reactive ketones (excluding diaryl/α,β-unsaturated/α-hetero) is 1. The van der Waals surface area contributed by atoms with Crippen molar-refractivity contribution >= 4 is 23.3 Å². The quantitative estimate of drug-likeness (QED) is 0.421.